The summed E-state index contributed by atoms with van der Waals surface area (Å²) in [7, 11) is 2.24. The molecule has 0 spiro atoms. The van der Waals surface area contributed by atoms with Gasteiger partial charge < -0.3 is 10.6 Å². The van der Waals surface area contributed by atoms with E-state index in [1.54, 1.807) is 0 Å². The maximum Gasteiger partial charge on any atom is 0.0251 e. The molecule has 3 nitrogen and oxygen atoms in total. The Labute approximate surface area is 113 Å². The van der Waals surface area contributed by atoms with Gasteiger partial charge in [0.1, 0.15) is 0 Å². The SMILES string of the molecule is CCCC1CCC(N)C(N2CCN(C)C(C)C2)C1. The lowest BCUT2D eigenvalue weighted by molar-refractivity contribution is 0.0375. The summed E-state index contributed by atoms with van der Waals surface area (Å²) < 4.78 is 0. The van der Waals surface area contributed by atoms with Crippen LogP contribution in [0.5, 0.6) is 0 Å². The molecule has 0 radical (unpaired) electrons. The molecule has 4 atom stereocenters. The summed E-state index contributed by atoms with van der Waals surface area (Å²) in [5, 5.41) is 0. The Kier molecular flexibility index (Phi) is 5.05. The van der Waals surface area contributed by atoms with Gasteiger partial charge in [-0.25, -0.2) is 0 Å². The fraction of sp³-hybridized carbons (Fsp3) is 1.00. The van der Waals surface area contributed by atoms with Crippen LogP contribution < -0.4 is 5.73 Å². The molecule has 0 bridgehead atoms. The molecule has 18 heavy (non-hydrogen) atoms. The molecule has 2 N–H and O–H groups in total. The van der Waals surface area contributed by atoms with Gasteiger partial charge in [-0.2, -0.15) is 0 Å². The van der Waals surface area contributed by atoms with Crippen LogP contribution in [0.3, 0.4) is 0 Å². The highest BCUT2D eigenvalue weighted by molar-refractivity contribution is 4.92. The van der Waals surface area contributed by atoms with Gasteiger partial charge in [-0.05, 0) is 39.2 Å². The number of likely N-dealkylation sites (N-methyl/N-ethyl adjacent to an activating group) is 1. The fourth-order valence-corrected chi connectivity index (χ4v) is 3.72. The van der Waals surface area contributed by atoms with Crippen molar-refractivity contribution >= 4 is 0 Å². The third kappa shape index (κ3) is 3.25. The molecule has 0 aromatic rings. The number of hydrogen-bond donors (Lipinski definition) is 1. The summed E-state index contributed by atoms with van der Waals surface area (Å²) >= 11 is 0. The molecule has 3 heteroatoms. The van der Waals surface area contributed by atoms with Crippen LogP contribution in [0.25, 0.3) is 0 Å². The van der Waals surface area contributed by atoms with Crippen molar-refractivity contribution in [2.45, 2.75) is 64.1 Å². The smallest absolute Gasteiger partial charge is 0.0251 e. The average molecular weight is 253 g/mol. The fourth-order valence-electron chi connectivity index (χ4n) is 3.72. The average Bonchev–Trinajstić information content (AvgIpc) is 2.35. The Bertz CT molecular complexity index is 256. The van der Waals surface area contributed by atoms with E-state index in [0.717, 1.165) is 5.92 Å². The zero-order valence-corrected chi connectivity index (χ0v) is 12.4. The van der Waals surface area contributed by atoms with Crippen molar-refractivity contribution in [1.29, 1.82) is 0 Å². The highest BCUT2D eigenvalue weighted by atomic mass is 15.3. The third-order valence-electron chi connectivity index (χ3n) is 5.13. The zero-order valence-electron chi connectivity index (χ0n) is 12.4. The first-order valence-corrected chi connectivity index (χ1v) is 7.81. The summed E-state index contributed by atoms with van der Waals surface area (Å²) in [6.45, 7) is 8.25. The second kappa shape index (κ2) is 6.36. The summed E-state index contributed by atoms with van der Waals surface area (Å²) in [6, 6.07) is 1.73. The second-order valence-electron chi connectivity index (χ2n) is 6.52. The van der Waals surface area contributed by atoms with Crippen LogP contribution in [0.2, 0.25) is 0 Å². The van der Waals surface area contributed by atoms with E-state index in [4.69, 9.17) is 5.73 Å². The predicted molar refractivity (Wildman–Crippen MR) is 77.7 cm³/mol. The first-order chi connectivity index (χ1) is 8.61. The minimum atomic E-state index is 0.411. The number of hydrogen-bond acceptors (Lipinski definition) is 3. The topological polar surface area (TPSA) is 32.5 Å². The largest absolute Gasteiger partial charge is 0.326 e. The maximum absolute atomic E-state index is 6.39. The van der Waals surface area contributed by atoms with Crippen molar-refractivity contribution in [3.05, 3.63) is 0 Å². The molecule has 1 heterocycles. The van der Waals surface area contributed by atoms with Gasteiger partial charge in [0, 0.05) is 37.8 Å². The molecular formula is C15H31N3. The molecule has 1 saturated carbocycles. The van der Waals surface area contributed by atoms with E-state index in [-0.39, 0.29) is 0 Å². The highest BCUT2D eigenvalue weighted by Gasteiger charge is 2.34. The number of nitrogens with zero attached hydrogens (tertiary/aromatic N) is 2. The van der Waals surface area contributed by atoms with E-state index in [2.05, 4.69) is 30.7 Å². The molecule has 106 valence electrons. The van der Waals surface area contributed by atoms with Crippen LogP contribution in [0.15, 0.2) is 0 Å². The Hall–Kier alpha value is -0.120. The van der Waals surface area contributed by atoms with E-state index in [9.17, 15) is 0 Å². The van der Waals surface area contributed by atoms with Crippen molar-refractivity contribution in [3.63, 3.8) is 0 Å². The zero-order chi connectivity index (χ0) is 13.1. The van der Waals surface area contributed by atoms with E-state index < -0.39 is 0 Å². The Morgan fingerprint density at radius 3 is 2.67 bits per heavy atom. The predicted octanol–water partition coefficient (Wildman–Crippen LogP) is 1.92. The van der Waals surface area contributed by atoms with E-state index in [1.807, 2.05) is 0 Å². The van der Waals surface area contributed by atoms with Crippen molar-refractivity contribution in [2.24, 2.45) is 11.7 Å². The van der Waals surface area contributed by atoms with Crippen LogP contribution in [-0.4, -0.2) is 54.6 Å². The van der Waals surface area contributed by atoms with E-state index in [0.29, 0.717) is 18.1 Å². The molecule has 2 aliphatic rings. The number of nitrogens with two attached hydrogens (primary N) is 1. The lowest BCUT2D eigenvalue weighted by Gasteiger charge is -2.46. The van der Waals surface area contributed by atoms with Gasteiger partial charge in [0.05, 0.1) is 0 Å². The van der Waals surface area contributed by atoms with Gasteiger partial charge >= 0.3 is 0 Å². The standard InChI is InChI=1S/C15H31N3/c1-4-5-13-6-7-14(16)15(10-13)18-9-8-17(3)12(2)11-18/h12-15H,4-11,16H2,1-3H3. The van der Waals surface area contributed by atoms with Crippen molar-refractivity contribution < 1.29 is 0 Å². The van der Waals surface area contributed by atoms with E-state index in [1.165, 1.54) is 51.7 Å². The van der Waals surface area contributed by atoms with Gasteiger partial charge in [0.15, 0.2) is 0 Å². The maximum atomic E-state index is 6.39. The number of rotatable bonds is 3. The molecule has 4 unspecified atom stereocenters. The monoisotopic (exact) mass is 253 g/mol. The summed E-state index contributed by atoms with van der Waals surface area (Å²) in [6.07, 6.45) is 6.65. The van der Waals surface area contributed by atoms with Gasteiger partial charge in [-0.15, -0.1) is 0 Å². The van der Waals surface area contributed by atoms with Crippen molar-refractivity contribution in [1.82, 2.24) is 9.80 Å². The minimum absolute atomic E-state index is 0.411. The van der Waals surface area contributed by atoms with Gasteiger partial charge in [-0.1, -0.05) is 19.8 Å². The van der Waals surface area contributed by atoms with Gasteiger partial charge in [0.2, 0.25) is 0 Å². The quantitative estimate of drug-likeness (QED) is 0.834. The first kappa shape index (κ1) is 14.3. The first-order valence-electron chi connectivity index (χ1n) is 7.81. The molecule has 1 saturated heterocycles. The van der Waals surface area contributed by atoms with Crippen LogP contribution in [0.4, 0.5) is 0 Å². The number of piperazine rings is 1. The van der Waals surface area contributed by atoms with Gasteiger partial charge in [0.25, 0.3) is 0 Å². The Morgan fingerprint density at radius 2 is 2.00 bits per heavy atom. The molecule has 0 aromatic heterocycles. The normalized spacial score (nSPS) is 40.0. The Balaban J connectivity index is 1.93. The van der Waals surface area contributed by atoms with Crippen LogP contribution >= 0.6 is 0 Å². The summed E-state index contributed by atoms with van der Waals surface area (Å²) in [4.78, 5) is 5.14. The third-order valence-corrected chi connectivity index (χ3v) is 5.13. The molecule has 2 fully saturated rings. The summed E-state index contributed by atoms with van der Waals surface area (Å²) in [5.41, 5.74) is 6.39. The molecule has 1 aliphatic heterocycles. The molecule has 1 aliphatic carbocycles. The van der Waals surface area contributed by atoms with Crippen LogP contribution in [0.1, 0.15) is 46.0 Å². The van der Waals surface area contributed by atoms with Crippen LogP contribution in [0, 0.1) is 5.92 Å². The molecule has 0 amide bonds. The Morgan fingerprint density at radius 1 is 1.22 bits per heavy atom. The molecule has 2 rings (SSSR count). The van der Waals surface area contributed by atoms with Crippen molar-refractivity contribution in [3.8, 4) is 0 Å². The van der Waals surface area contributed by atoms with Crippen molar-refractivity contribution in [2.75, 3.05) is 26.7 Å². The summed E-state index contributed by atoms with van der Waals surface area (Å²) in [5.74, 6) is 0.926. The van der Waals surface area contributed by atoms with E-state index >= 15 is 0 Å². The minimum Gasteiger partial charge on any atom is -0.326 e. The van der Waals surface area contributed by atoms with Gasteiger partial charge in [-0.3, -0.25) is 4.90 Å². The molecule has 0 aromatic carbocycles. The highest BCUT2D eigenvalue weighted by Crippen LogP contribution is 2.31. The van der Waals surface area contributed by atoms with Crippen LogP contribution in [-0.2, 0) is 0 Å². The lowest BCUT2D eigenvalue weighted by atomic mass is 9.79. The molecular weight excluding hydrogens is 222 g/mol. The lowest BCUT2D eigenvalue weighted by Crippen LogP contribution is -2.59. The second-order valence-corrected chi connectivity index (χ2v) is 6.52.